The smallest absolute Gasteiger partial charge is 0.235 e. The van der Waals surface area contributed by atoms with Crippen LogP contribution in [0.5, 0.6) is 0 Å². The predicted molar refractivity (Wildman–Crippen MR) is 83.9 cm³/mol. The van der Waals surface area contributed by atoms with Gasteiger partial charge in [-0.2, -0.15) is 0 Å². The number of nitrogens with zero attached hydrogens (tertiary/aromatic N) is 1. The Labute approximate surface area is 121 Å². The second-order valence-electron chi connectivity index (χ2n) is 5.49. The zero-order valence-electron chi connectivity index (χ0n) is 12.3. The molecule has 0 radical (unpaired) electrons. The van der Waals surface area contributed by atoms with E-state index in [4.69, 9.17) is 0 Å². The van der Waals surface area contributed by atoms with Gasteiger partial charge in [0, 0.05) is 19.8 Å². The maximum absolute atomic E-state index is 12.4. The molecule has 0 bridgehead atoms. The van der Waals surface area contributed by atoms with E-state index >= 15 is 0 Å². The van der Waals surface area contributed by atoms with E-state index in [1.54, 1.807) is 0 Å². The molecule has 1 aromatic rings. The lowest BCUT2D eigenvalue weighted by molar-refractivity contribution is 0.499. The van der Waals surface area contributed by atoms with Crippen LogP contribution in [0, 0.1) is 6.92 Å². The Morgan fingerprint density at radius 2 is 1.90 bits per heavy atom. The molecule has 0 amide bonds. The van der Waals surface area contributed by atoms with Gasteiger partial charge in [-0.1, -0.05) is 6.07 Å². The molecule has 0 spiro atoms. The molecule has 0 unspecified atom stereocenters. The molecule has 0 atom stereocenters. The molecule has 20 heavy (non-hydrogen) atoms. The normalized spacial score (nSPS) is 16.9. The number of benzene rings is 1. The van der Waals surface area contributed by atoms with Crippen molar-refractivity contribution in [2.24, 2.45) is 0 Å². The molecule has 1 aliphatic rings. The largest absolute Gasteiger partial charge is 0.377 e. The number of nitrogens with one attached hydrogen (secondary N) is 2. The first-order valence-corrected chi connectivity index (χ1v) is 8.45. The highest BCUT2D eigenvalue weighted by Crippen LogP contribution is 2.24. The second-order valence-corrected chi connectivity index (χ2v) is 7.45. The zero-order chi connectivity index (χ0) is 14.8. The first-order chi connectivity index (χ1) is 9.40. The molecular weight excluding hydrogens is 274 g/mol. The summed E-state index contributed by atoms with van der Waals surface area (Å²) in [5, 5.41) is 2.89. The van der Waals surface area contributed by atoms with Crippen molar-refractivity contribution in [3.05, 3.63) is 23.8 Å². The number of rotatable bonds is 4. The lowest BCUT2D eigenvalue weighted by Crippen LogP contribution is -2.38. The maximum atomic E-state index is 12.4. The lowest BCUT2D eigenvalue weighted by atomic mass is 10.2. The van der Waals surface area contributed by atoms with Crippen LogP contribution in [0.1, 0.15) is 18.4 Å². The molecule has 5 nitrogen and oxygen atoms in total. The highest BCUT2D eigenvalue weighted by Gasteiger charge is 2.27. The van der Waals surface area contributed by atoms with E-state index in [2.05, 4.69) is 10.0 Å². The molecule has 0 saturated carbocycles. The van der Waals surface area contributed by atoms with Crippen molar-refractivity contribution in [2.75, 3.05) is 36.8 Å². The molecule has 1 aliphatic heterocycles. The minimum Gasteiger partial charge on any atom is -0.377 e. The van der Waals surface area contributed by atoms with Crippen molar-refractivity contribution >= 4 is 21.4 Å². The summed E-state index contributed by atoms with van der Waals surface area (Å²) in [6.07, 6.45) is 1.34. The molecule has 0 aliphatic carbocycles. The van der Waals surface area contributed by atoms with Gasteiger partial charge in [0.25, 0.3) is 0 Å². The summed E-state index contributed by atoms with van der Waals surface area (Å²) in [6.45, 7) is 3.55. The van der Waals surface area contributed by atoms with E-state index in [9.17, 15) is 8.42 Å². The van der Waals surface area contributed by atoms with Gasteiger partial charge in [-0.15, -0.1) is 0 Å². The Morgan fingerprint density at radius 1 is 1.25 bits per heavy atom. The lowest BCUT2D eigenvalue weighted by Gasteiger charge is -2.24. The SMILES string of the molecule is Cc1ccc(NS(=O)(=O)C2CCNCC2)cc1N(C)C. The molecule has 6 heteroatoms. The maximum Gasteiger partial charge on any atom is 0.235 e. The van der Waals surface area contributed by atoms with Crippen molar-refractivity contribution in [1.82, 2.24) is 5.32 Å². The van der Waals surface area contributed by atoms with Crippen molar-refractivity contribution in [3.8, 4) is 0 Å². The van der Waals surface area contributed by atoms with Gasteiger partial charge >= 0.3 is 0 Å². The van der Waals surface area contributed by atoms with E-state index in [1.165, 1.54) is 0 Å². The molecule has 2 N–H and O–H groups in total. The van der Waals surface area contributed by atoms with Gasteiger partial charge in [-0.3, -0.25) is 4.72 Å². The number of sulfonamides is 1. The van der Waals surface area contributed by atoms with Crippen molar-refractivity contribution in [3.63, 3.8) is 0 Å². The fourth-order valence-corrected chi connectivity index (χ4v) is 3.99. The van der Waals surface area contributed by atoms with Crippen LogP contribution in [0.3, 0.4) is 0 Å². The Bertz CT molecular complexity index is 564. The van der Waals surface area contributed by atoms with E-state index in [0.717, 1.165) is 24.3 Å². The van der Waals surface area contributed by atoms with Gasteiger partial charge in [-0.25, -0.2) is 8.42 Å². The molecule has 1 fully saturated rings. The van der Waals surface area contributed by atoms with Crippen LogP contribution in [0.4, 0.5) is 11.4 Å². The Kier molecular flexibility index (Phi) is 4.55. The minimum atomic E-state index is -3.30. The molecule has 2 rings (SSSR count). The molecule has 1 heterocycles. The standard InChI is InChI=1S/C14H23N3O2S/c1-11-4-5-12(10-14(11)17(2)3)16-20(18,19)13-6-8-15-9-7-13/h4-5,10,13,15-16H,6-9H2,1-3H3. The van der Waals surface area contributed by atoms with Crippen LogP contribution in [-0.4, -0.2) is 40.9 Å². The van der Waals surface area contributed by atoms with Crippen LogP contribution < -0.4 is 14.9 Å². The van der Waals surface area contributed by atoms with Gasteiger partial charge in [0.05, 0.1) is 10.9 Å². The van der Waals surface area contributed by atoms with Crippen LogP contribution in [0.15, 0.2) is 18.2 Å². The molecule has 112 valence electrons. The van der Waals surface area contributed by atoms with Gasteiger partial charge in [0.2, 0.25) is 10.0 Å². The van der Waals surface area contributed by atoms with Crippen molar-refractivity contribution < 1.29 is 8.42 Å². The Hall–Kier alpha value is -1.27. The van der Waals surface area contributed by atoms with Crippen LogP contribution in [0.25, 0.3) is 0 Å². The summed E-state index contributed by atoms with van der Waals surface area (Å²) >= 11 is 0. The van der Waals surface area contributed by atoms with Gasteiger partial charge in [0.1, 0.15) is 0 Å². The number of aryl methyl sites for hydroxylation is 1. The summed E-state index contributed by atoms with van der Waals surface area (Å²) in [7, 11) is 0.603. The van der Waals surface area contributed by atoms with E-state index < -0.39 is 10.0 Å². The average molecular weight is 297 g/mol. The third-order valence-corrected chi connectivity index (χ3v) is 5.55. The molecule has 1 saturated heterocycles. The summed E-state index contributed by atoms with van der Waals surface area (Å²) < 4.78 is 27.5. The summed E-state index contributed by atoms with van der Waals surface area (Å²) in [5.41, 5.74) is 2.79. The first kappa shape index (κ1) is 15.1. The van der Waals surface area contributed by atoms with Crippen molar-refractivity contribution in [1.29, 1.82) is 0 Å². The van der Waals surface area contributed by atoms with Gasteiger partial charge < -0.3 is 10.2 Å². The Morgan fingerprint density at radius 3 is 2.50 bits per heavy atom. The number of hydrogen-bond acceptors (Lipinski definition) is 4. The van der Waals surface area contributed by atoms with E-state index in [-0.39, 0.29) is 5.25 Å². The fourth-order valence-electron chi connectivity index (χ4n) is 2.51. The highest BCUT2D eigenvalue weighted by molar-refractivity contribution is 7.93. The monoisotopic (exact) mass is 297 g/mol. The quantitative estimate of drug-likeness (QED) is 0.885. The van der Waals surface area contributed by atoms with Crippen LogP contribution in [0.2, 0.25) is 0 Å². The summed E-state index contributed by atoms with van der Waals surface area (Å²) in [4.78, 5) is 1.98. The third kappa shape index (κ3) is 3.43. The fraction of sp³-hybridized carbons (Fsp3) is 0.571. The van der Waals surface area contributed by atoms with E-state index in [1.807, 2.05) is 44.1 Å². The number of hydrogen-bond donors (Lipinski definition) is 2. The zero-order valence-corrected chi connectivity index (χ0v) is 13.1. The average Bonchev–Trinajstić information content (AvgIpc) is 2.41. The third-order valence-electron chi connectivity index (χ3n) is 3.68. The molecule has 1 aromatic carbocycles. The Balaban J connectivity index is 2.18. The molecule has 0 aromatic heterocycles. The number of piperidine rings is 1. The number of anilines is 2. The van der Waals surface area contributed by atoms with E-state index in [0.29, 0.717) is 18.5 Å². The highest BCUT2D eigenvalue weighted by atomic mass is 32.2. The van der Waals surface area contributed by atoms with Gasteiger partial charge in [0.15, 0.2) is 0 Å². The van der Waals surface area contributed by atoms with Gasteiger partial charge in [-0.05, 0) is 50.6 Å². The van der Waals surface area contributed by atoms with Crippen LogP contribution >= 0.6 is 0 Å². The van der Waals surface area contributed by atoms with Crippen LogP contribution in [-0.2, 0) is 10.0 Å². The second kappa shape index (κ2) is 6.01. The summed E-state index contributed by atoms with van der Waals surface area (Å²) in [6, 6.07) is 5.64. The minimum absolute atomic E-state index is 0.298. The predicted octanol–water partition coefficient (Wildman–Crippen LogP) is 1.55. The molecular formula is C14H23N3O2S. The summed E-state index contributed by atoms with van der Waals surface area (Å²) in [5.74, 6) is 0. The van der Waals surface area contributed by atoms with Crippen molar-refractivity contribution in [2.45, 2.75) is 25.0 Å². The topological polar surface area (TPSA) is 61.4 Å². The first-order valence-electron chi connectivity index (χ1n) is 6.90.